The number of hydrogen-bond acceptors (Lipinski definition) is 3. The van der Waals surface area contributed by atoms with Crippen molar-refractivity contribution in [3.05, 3.63) is 15.6 Å². The molecule has 1 aliphatic rings. The van der Waals surface area contributed by atoms with E-state index >= 15 is 0 Å². The molecule has 1 aromatic heterocycles. The second-order valence-electron chi connectivity index (χ2n) is 4.21. The van der Waals surface area contributed by atoms with Crippen molar-refractivity contribution in [2.45, 2.75) is 20.3 Å². The van der Waals surface area contributed by atoms with Crippen LogP contribution in [0.1, 0.15) is 26.8 Å². The topological polar surface area (TPSA) is 33.2 Å². The van der Waals surface area contributed by atoms with Crippen molar-refractivity contribution >= 4 is 33.2 Å². The Bertz CT molecular complexity index is 405. The van der Waals surface area contributed by atoms with E-state index in [1.54, 1.807) is 0 Å². The largest absolute Gasteiger partial charge is 0.338 e. The van der Waals surface area contributed by atoms with E-state index in [2.05, 4.69) is 20.9 Å². The molecule has 0 radical (unpaired) electrons. The third kappa shape index (κ3) is 2.30. The first-order chi connectivity index (χ1) is 7.61. The van der Waals surface area contributed by atoms with Gasteiger partial charge < -0.3 is 4.90 Å². The van der Waals surface area contributed by atoms with Gasteiger partial charge in [0.25, 0.3) is 5.91 Å². The third-order valence-corrected chi connectivity index (χ3v) is 4.87. The lowest BCUT2D eigenvalue weighted by molar-refractivity contribution is 0.0792. The zero-order valence-corrected chi connectivity index (χ0v) is 11.9. The Hall–Kier alpha value is -0.420. The molecule has 2 heterocycles. The van der Waals surface area contributed by atoms with Gasteiger partial charge in [-0.3, -0.25) is 4.79 Å². The van der Waals surface area contributed by atoms with Gasteiger partial charge in [0.2, 0.25) is 0 Å². The molecule has 0 N–H and O–H groups in total. The van der Waals surface area contributed by atoms with Crippen molar-refractivity contribution in [1.82, 2.24) is 9.88 Å². The molecule has 1 fully saturated rings. The van der Waals surface area contributed by atoms with Crippen molar-refractivity contribution < 1.29 is 4.79 Å². The summed E-state index contributed by atoms with van der Waals surface area (Å²) in [7, 11) is 0. The molecule has 1 unspecified atom stereocenters. The van der Waals surface area contributed by atoms with Crippen LogP contribution >= 0.6 is 27.3 Å². The number of carbonyl (C=O) groups excluding carboxylic acids is 1. The average Bonchev–Trinajstić information content (AvgIpc) is 2.84. The van der Waals surface area contributed by atoms with Gasteiger partial charge in [0.05, 0.1) is 10.7 Å². The zero-order chi connectivity index (χ0) is 11.7. The van der Waals surface area contributed by atoms with Crippen LogP contribution in [0.25, 0.3) is 0 Å². The highest BCUT2D eigenvalue weighted by Crippen LogP contribution is 2.24. The molecule has 0 spiro atoms. The predicted molar refractivity (Wildman–Crippen MR) is 69.4 cm³/mol. The van der Waals surface area contributed by atoms with E-state index in [9.17, 15) is 4.79 Å². The van der Waals surface area contributed by atoms with E-state index in [1.807, 2.05) is 18.7 Å². The fourth-order valence-corrected chi connectivity index (χ4v) is 3.43. The number of thiazole rings is 1. The summed E-state index contributed by atoms with van der Waals surface area (Å²) in [6.07, 6.45) is 1.10. The summed E-state index contributed by atoms with van der Waals surface area (Å²) in [5.41, 5.74) is 0.870. The number of halogens is 1. The molecular weight excluding hydrogens is 288 g/mol. The molecule has 1 aliphatic heterocycles. The van der Waals surface area contributed by atoms with E-state index in [4.69, 9.17) is 0 Å². The molecule has 1 aromatic rings. The maximum atomic E-state index is 12.2. The molecule has 88 valence electrons. The molecule has 1 amide bonds. The van der Waals surface area contributed by atoms with Gasteiger partial charge in [-0.1, -0.05) is 15.9 Å². The Morgan fingerprint density at radius 3 is 2.88 bits per heavy atom. The number of amides is 1. The smallest absolute Gasteiger partial charge is 0.265 e. The van der Waals surface area contributed by atoms with Crippen LogP contribution in [-0.4, -0.2) is 34.2 Å². The molecule has 5 heteroatoms. The van der Waals surface area contributed by atoms with Gasteiger partial charge in [-0.15, -0.1) is 11.3 Å². The van der Waals surface area contributed by atoms with Crippen molar-refractivity contribution in [1.29, 1.82) is 0 Å². The number of carbonyl (C=O) groups is 1. The first-order valence-corrected chi connectivity index (χ1v) is 7.35. The summed E-state index contributed by atoms with van der Waals surface area (Å²) < 4.78 is 0. The lowest BCUT2D eigenvalue weighted by Crippen LogP contribution is -2.28. The molecule has 1 atom stereocenters. The van der Waals surface area contributed by atoms with Crippen LogP contribution in [0.5, 0.6) is 0 Å². The van der Waals surface area contributed by atoms with E-state index in [0.717, 1.165) is 40.4 Å². The highest BCUT2D eigenvalue weighted by Gasteiger charge is 2.28. The van der Waals surface area contributed by atoms with Crippen LogP contribution in [0.3, 0.4) is 0 Å². The quantitative estimate of drug-likeness (QED) is 0.787. The lowest BCUT2D eigenvalue weighted by Gasteiger charge is -2.15. The third-order valence-electron chi connectivity index (χ3n) is 2.89. The number of likely N-dealkylation sites (tertiary alicyclic amines) is 1. The van der Waals surface area contributed by atoms with Gasteiger partial charge >= 0.3 is 0 Å². The summed E-state index contributed by atoms with van der Waals surface area (Å²) in [6, 6.07) is 0. The van der Waals surface area contributed by atoms with Gasteiger partial charge in [-0.25, -0.2) is 4.98 Å². The number of hydrogen-bond donors (Lipinski definition) is 0. The number of nitrogens with zero attached hydrogens (tertiary/aromatic N) is 2. The number of aromatic nitrogens is 1. The summed E-state index contributed by atoms with van der Waals surface area (Å²) >= 11 is 4.98. The highest BCUT2D eigenvalue weighted by atomic mass is 79.9. The predicted octanol–water partition coefficient (Wildman–Crippen LogP) is 2.62. The van der Waals surface area contributed by atoms with E-state index < -0.39 is 0 Å². The van der Waals surface area contributed by atoms with Crippen LogP contribution in [0, 0.1) is 19.8 Å². The zero-order valence-electron chi connectivity index (χ0n) is 9.49. The molecule has 0 saturated carbocycles. The highest BCUT2D eigenvalue weighted by molar-refractivity contribution is 9.09. The molecule has 2 rings (SSSR count). The van der Waals surface area contributed by atoms with Gasteiger partial charge in [0, 0.05) is 18.4 Å². The normalized spacial score (nSPS) is 20.4. The second-order valence-corrected chi connectivity index (χ2v) is 6.06. The Morgan fingerprint density at radius 1 is 1.62 bits per heavy atom. The van der Waals surface area contributed by atoms with Crippen LogP contribution in [-0.2, 0) is 0 Å². The van der Waals surface area contributed by atoms with Gasteiger partial charge in [0.1, 0.15) is 4.88 Å². The first kappa shape index (κ1) is 12.0. The van der Waals surface area contributed by atoms with Gasteiger partial charge in [0.15, 0.2) is 0 Å². The van der Waals surface area contributed by atoms with Crippen molar-refractivity contribution in [2.75, 3.05) is 18.4 Å². The number of alkyl halides is 1. The molecule has 16 heavy (non-hydrogen) atoms. The standard InChI is InChI=1S/C11H15BrN2OS/c1-7-10(16-8(2)13-7)11(15)14-4-3-9(5-12)6-14/h9H,3-6H2,1-2H3. The Balaban J connectivity index is 2.11. The Labute approximate surface area is 108 Å². The first-order valence-electron chi connectivity index (χ1n) is 5.41. The van der Waals surface area contributed by atoms with Crippen molar-refractivity contribution in [3.8, 4) is 0 Å². The lowest BCUT2D eigenvalue weighted by atomic mass is 10.2. The van der Waals surface area contributed by atoms with Crippen LogP contribution < -0.4 is 0 Å². The van der Waals surface area contributed by atoms with Crippen LogP contribution in [0.2, 0.25) is 0 Å². The van der Waals surface area contributed by atoms with Crippen molar-refractivity contribution in [3.63, 3.8) is 0 Å². The molecule has 1 saturated heterocycles. The monoisotopic (exact) mass is 302 g/mol. The maximum absolute atomic E-state index is 12.2. The Morgan fingerprint density at radius 2 is 2.38 bits per heavy atom. The molecule has 0 bridgehead atoms. The van der Waals surface area contributed by atoms with E-state index in [-0.39, 0.29) is 5.91 Å². The maximum Gasteiger partial charge on any atom is 0.265 e. The molecular formula is C11H15BrN2OS. The van der Waals surface area contributed by atoms with Gasteiger partial charge in [-0.2, -0.15) is 0 Å². The summed E-state index contributed by atoms with van der Waals surface area (Å²) in [4.78, 5) is 19.3. The minimum Gasteiger partial charge on any atom is -0.338 e. The van der Waals surface area contributed by atoms with Crippen LogP contribution in [0.15, 0.2) is 0 Å². The van der Waals surface area contributed by atoms with E-state index in [1.165, 1.54) is 11.3 Å². The van der Waals surface area contributed by atoms with Crippen LogP contribution in [0.4, 0.5) is 0 Å². The fraction of sp³-hybridized carbons (Fsp3) is 0.636. The van der Waals surface area contributed by atoms with Crippen molar-refractivity contribution in [2.24, 2.45) is 5.92 Å². The minimum absolute atomic E-state index is 0.159. The summed E-state index contributed by atoms with van der Waals surface area (Å²) in [5.74, 6) is 0.768. The number of aryl methyl sites for hydroxylation is 2. The second kappa shape index (κ2) is 4.84. The number of rotatable bonds is 2. The fourth-order valence-electron chi connectivity index (χ4n) is 2.02. The van der Waals surface area contributed by atoms with E-state index in [0.29, 0.717) is 5.92 Å². The molecule has 3 nitrogen and oxygen atoms in total. The van der Waals surface area contributed by atoms with Gasteiger partial charge in [-0.05, 0) is 26.2 Å². The summed E-state index contributed by atoms with van der Waals surface area (Å²) in [5, 5.41) is 1.95. The average molecular weight is 303 g/mol. The minimum atomic E-state index is 0.159. The summed E-state index contributed by atoms with van der Waals surface area (Å²) in [6.45, 7) is 5.61. The molecule has 0 aliphatic carbocycles. The molecule has 0 aromatic carbocycles. The Kier molecular flexibility index (Phi) is 3.64. The SMILES string of the molecule is Cc1nc(C)c(C(=O)N2CCC(CBr)C2)s1.